The second-order valence-electron chi connectivity index (χ2n) is 5.77. The van der Waals surface area contributed by atoms with Gasteiger partial charge in [-0.25, -0.2) is 0 Å². The lowest BCUT2D eigenvalue weighted by Crippen LogP contribution is -2.36. The van der Waals surface area contributed by atoms with Crippen molar-refractivity contribution in [3.63, 3.8) is 0 Å². The molecule has 1 aliphatic rings. The van der Waals surface area contributed by atoms with Gasteiger partial charge in [0.25, 0.3) is 0 Å². The molecule has 1 aromatic rings. The number of benzene rings is 1. The maximum atomic E-state index is 12.7. The molecule has 118 valence electrons. The van der Waals surface area contributed by atoms with Crippen LogP contribution in [0.3, 0.4) is 0 Å². The van der Waals surface area contributed by atoms with Crippen molar-refractivity contribution in [2.45, 2.75) is 39.8 Å². The molecule has 0 N–H and O–H groups in total. The van der Waals surface area contributed by atoms with Crippen LogP contribution in [0.1, 0.15) is 32.8 Å². The maximum absolute atomic E-state index is 12.7. The van der Waals surface area contributed by atoms with Crippen LogP contribution in [-0.4, -0.2) is 35.2 Å². The molecule has 1 aromatic carbocycles. The van der Waals surface area contributed by atoms with Crippen molar-refractivity contribution in [3.05, 3.63) is 35.9 Å². The van der Waals surface area contributed by atoms with Gasteiger partial charge in [-0.1, -0.05) is 30.3 Å². The summed E-state index contributed by atoms with van der Waals surface area (Å²) in [5.41, 5.74) is -0.364. The van der Waals surface area contributed by atoms with Crippen LogP contribution in [0.15, 0.2) is 30.3 Å². The predicted molar refractivity (Wildman–Crippen MR) is 80.8 cm³/mol. The topological polar surface area (TPSA) is 63.7 Å². The Morgan fingerprint density at radius 3 is 2.50 bits per heavy atom. The molecular formula is C17H21NO4. The number of amides is 1. The van der Waals surface area contributed by atoms with Crippen LogP contribution >= 0.6 is 0 Å². The van der Waals surface area contributed by atoms with E-state index in [1.807, 2.05) is 30.3 Å². The molecule has 22 heavy (non-hydrogen) atoms. The highest BCUT2D eigenvalue weighted by molar-refractivity contribution is 6.15. The van der Waals surface area contributed by atoms with E-state index >= 15 is 0 Å². The monoisotopic (exact) mass is 303 g/mol. The van der Waals surface area contributed by atoms with Gasteiger partial charge >= 0.3 is 5.97 Å². The largest absolute Gasteiger partial charge is 0.466 e. The number of ether oxygens (including phenoxy) is 1. The highest BCUT2D eigenvalue weighted by atomic mass is 16.5. The average Bonchev–Trinajstić information content (AvgIpc) is 2.64. The molecule has 0 spiro atoms. The zero-order valence-electron chi connectivity index (χ0n) is 13.2. The van der Waals surface area contributed by atoms with E-state index in [2.05, 4.69) is 0 Å². The highest BCUT2D eigenvalue weighted by Gasteiger charge is 2.55. The average molecular weight is 303 g/mol. The van der Waals surface area contributed by atoms with Crippen molar-refractivity contribution in [2.24, 2.45) is 5.41 Å². The molecule has 0 aliphatic carbocycles. The van der Waals surface area contributed by atoms with E-state index in [1.54, 1.807) is 13.8 Å². The van der Waals surface area contributed by atoms with Crippen molar-refractivity contribution in [3.8, 4) is 0 Å². The molecule has 5 nitrogen and oxygen atoms in total. The summed E-state index contributed by atoms with van der Waals surface area (Å²) >= 11 is 0. The molecule has 1 aliphatic heterocycles. The Labute approximate surface area is 130 Å². The lowest BCUT2D eigenvalue weighted by atomic mass is 9.82. The Morgan fingerprint density at radius 1 is 1.27 bits per heavy atom. The zero-order valence-corrected chi connectivity index (χ0v) is 13.2. The van der Waals surface area contributed by atoms with E-state index in [9.17, 15) is 14.4 Å². The maximum Gasteiger partial charge on any atom is 0.307 e. The highest BCUT2D eigenvalue weighted by Crippen LogP contribution is 2.36. The molecular weight excluding hydrogens is 282 g/mol. The van der Waals surface area contributed by atoms with Crippen molar-refractivity contribution in [1.29, 1.82) is 0 Å². The first-order valence-electron chi connectivity index (χ1n) is 7.45. The summed E-state index contributed by atoms with van der Waals surface area (Å²) in [6.45, 7) is 5.55. The van der Waals surface area contributed by atoms with Crippen LogP contribution in [0, 0.1) is 5.41 Å². The van der Waals surface area contributed by atoms with Gasteiger partial charge < -0.3 is 9.64 Å². The van der Waals surface area contributed by atoms with Gasteiger partial charge in [0.15, 0.2) is 5.78 Å². The number of rotatable bonds is 5. The third kappa shape index (κ3) is 2.89. The molecule has 1 amide bonds. The first-order chi connectivity index (χ1) is 10.4. The zero-order chi connectivity index (χ0) is 16.3. The molecule has 1 fully saturated rings. The molecule has 1 saturated heterocycles. The number of nitrogens with zero attached hydrogens (tertiary/aromatic N) is 1. The Hall–Kier alpha value is -2.17. The number of Topliss-reactive ketones (excluding diaryl/α,β-unsaturated/α-hetero) is 1. The van der Waals surface area contributed by atoms with Crippen molar-refractivity contribution in [2.75, 3.05) is 6.61 Å². The van der Waals surface area contributed by atoms with Crippen molar-refractivity contribution in [1.82, 2.24) is 4.90 Å². The van der Waals surface area contributed by atoms with E-state index in [4.69, 9.17) is 4.74 Å². The van der Waals surface area contributed by atoms with Crippen LogP contribution in [-0.2, 0) is 25.7 Å². The first-order valence-corrected chi connectivity index (χ1v) is 7.45. The van der Waals surface area contributed by atoms with E-state index < -0.39 is 17.4 Å². The standard InChI is InChI=1S/C17H21NO4/c1-4-22-14(19)10-17(3)15(20)12(2)18(16(17)21)11-13-8-6-5-7-9-13/h5-9,12H,4,10-11H2,1-3H3/t12-,17+/m1/s1. The molecule has 5 heteroatoms. The normalized spacial score (nSPS) is 24.7. The molecule has 0 aromatic heterocycles. The number of ketones is 1. The van der Waals surface area contributed by atoms with E-state index in [0.29, 0.717) is 6.54 Å². The summed E-state index contributed by atoms with van der Waals surface area (Å²) in [4.78, 5) is 38.5. The number of carbonyl (C=O) groups excluding carboxylic acids is 3. The fraction of sp³-hybridized carbons (Fsp3) is 0.471. The summed E-state index contributed by atoms with van der Waals surface area (Å²) in [7, 11) is 0. The summed E-state index contributed by atoms with van der Waals surface area (Å²) < 4.78 is 4.89. The van der Waals surface area contributed by atoms with E-state index in [1.165, 1.54) is 11.8 Å². The molecule has 1 heterocycles. The third-order valence-corrected chi connectivity index (χ3v) is 4.12. The number of hydrogen-bond acceptors (Lipinski definition) is 4. The summed E-state index contributed by atoms with van der Waals surface area (Å²) in [6.07, 6.45) is -0.200. The number of carbonyl (C=O) groups is 3. The van der Waals surface area contributed by atoms with Gasteiger partial charge in [-0.3, -0.25) is 14.4 Å². The molecule has 0 saturated carbocycles. The molecule has 0 unspecified atom stereocenters. The van der Waals surface area contributed by atoms with Crippen molar-refractivity contribution < 1.29 is 19.1 Å². The number of likely N-dealkylation sites (tertiary alicyclic amines) is 1. The molecule has 0 radical (unpaired) electrons. The van der Waals surface area contributed by atoms with E-state index in [0.717, 1.165) is 5.56 Å². The summed E-state index contributed by atoms with van der Waals surface area (Å²) in [5.74, 6) is -1.04. The Morgan fingerprint density at radius 2 is 1.91 bits per heavy atom. The molecule has 0 bridgehead atoms. The summed E-state index contributed by atoms with van der Waals surface area (Å²) in [6, 6.07) is 8.96. The SMILES string of the molecule is CCOC(=O)C[C@@]1(C)C(=O)[C@@H](C)N(Cc2ccccc2)C1=O. The van der Waals surface area contributed by atoms with Gasteiger partial charge in [0.05, 0.1) is 19.1 Å². The van der Waals surface area contributed by atoms with Crippen LogP contribution in [0.25, 0.3) is 0 Å². The van der Waals surface area contributed by atoms with Gasteiger partial charge in [-0.05, 0) is 26.3 Å². The van der Waals surface area contributed by atoms with Crippen LogP contribution < -0.4 is 0 Å². The van der Waals surface area contributed by atoms with Crippen LogP contribution in [0.5, 0.6) is 0 Å². The third-order valence-electron chi connectivity index (χ3n) is 4.12. The Kier molecular flexibility index (Phi) is 4.64. The Bertz CT molecular complexity index is 584. The number of esters is 1. The summed E-state index contributed by atoms with van der Waals surface area (Å²) in [5, 5.41) is 0. The molecule has 2 atom stereocenters. The Balaban J connectivity index is 2.20. The fourth-order valence-corrected chi connectivity index (χ4v) is 2.85. The fourth-order valence-electron chi connectivity index (χ4n) is 2.85. The second kappa shape index (κ2) is 6.30. The van der Waals surface area contributed by atoms with Gasteiger partial charge in [0.2, 0.25) is 5.91 Å². The lowest BCUT2D eigenvalue weighted by Gasteiger charge is -2.22. The van der Waals surface area contributed by atoms with E-state index in [-0.39, 0.29) is 24.7 Å². The minimum Gasteiger partial charge on any atom is -0.466 e. The second-order valence-corrected chi connectivity index (χ2v) is 5.77. The minimum absolute atomic E-state index is 0.200. The lowest BCUT2D eigenvalue weighted by molar-refractivity contribution is -0.152. The van der Waals surface area contributed by atoms with Gasteiger partial charge in [0, 0.05) is 6.54 Å². The predicted octanol–water partition coefficient (Wildman–Crippen LogP) is 1.95. The smallest absolute Gasteiger partial charge is 0.307 e. The van der Waals surface area contributed by atoms with Gasteiger partial charge in [0.1, 0.15) is 5.41 Å². The molecule has 2 rings (SSSR count). The van der Waals surface area contributed by atoms with Crippen LogP contribution in [0.2, 0.25) is 0 Å². The number of hydrogen-bond donors (Lipinski definition) is 0. The minimum atomic E-state index is -1.32. The van der Waals surface area contributed by atoms with Crippen molar-refractivity contribution >= 4 is 17.7 Å². The van der Waals surface area contributed by atoms with Gasteiger partial charge in [-0.15, -0.1) is 0 Å². The van der Waals surface area contributed by atoms with Crippen LogP contribution in [0.4, 0.5) is 0 Å². The first kappa shape index (κ1) is 16.2. The van der Waals surface area contributed by atoms with Gasteiger partial charge in [-0.2, -0.15) is 0 Å². The quantitative estimate of drug-likeness (QED) is 0.616.